The van der Waals surface area contributed by atoms with E-state index in [9.17, 15) is 9.59 Å². The van der Waals surface area contributed by atoms with Crippen molar-refractivity contribution in [3.05, 3.63) is 23.8 Å². The van der Waals surface area contributed by atoms with Gasteiger partial charge in [-0.15, -0.1) is 0 Å². The largest absolute Gasteiger partial charge is 0.380 e. The highest BCUT2D eigenvalue weighted by Gasteiger charge is 2.27. The molecule has 0 radical (unpaired) electrons. The summed E-state index contributed by atoms with van der Waals surface area (Å²) in [7, 11) is 1.94. The zero-order valence-electron chi connectivity index (χ0n) is 10.5. The molecule has 1 heterocycles. The smallest absolute Gasteiger partial charge is 0.296 e. The first-order chi connectivity index (χ1) is 8.63. The van der Waals surface area contributed by atoms with Crippen LogP contribution in [-0.4, -0.2) is 38.5 Å². The van der Waals surface area contributed by atoms with Gasteiger partial charge >= 0.3 is 0 Å². The van der Waals surface area contributed by atoms with Crippen LogP contribution < -0.4 is 10.2 Å². The molecule has 1 N–H and O–H groups in total. The van der Waals surface area contributed by atoms with Crippen LogP contribution in [0.15, 0.2) is 18.2 Å². The van der Waals surface area contributed by atoms with Crippen LogP contribution in [0.3, 0.4) is 0 Å². The van der Waals surface area contributed by atoms with E-state index in [0.29, 0.717) is 24.5 Å². The second-order valence-electron chi connectivity index (χ2n) is 4.13. The number of ketones is 1. The van der Waals surface area contributed by atoms with Gasteiger partial charge in [0.15, 0.2) is 0 Å². The fraction of sp³-hybridized carbons (Fsp3) is 0.385. The summed E-state index contributed by atoms with van der Waals surface area (Å²) in [5.74, 6) is -1.02. The molecule has 0 fully saturated rings. The molecule has 0 aromatic heterocycles. The van der Waals surface area contributed by atoms with E-state index in [4.69, 9.17) is 4.74 Å². The van der Waals surface area contributed by atoms with Crippen LogP contribution in [0.5, 0.6) is 0 Å². The average molecular weight is 248 g/mol. The van der Waals surface area contributed by atoms with E-state index >= 15 is 0 Å². The maximum absolute atomic E-state index is 11.4. The molecule has 96 valence electrons. The van der Waals surface area contributed by atoms with Crippen molar-refractivity contribution in [2.75, 3.05) is 37.0 Å². The topological polar surface area (TPSA) is 58.6 Å². The Kier molecular flexibility index (Phi) is 3.62. The lowest BCUT2D eigenvalue weighted by Crippen LogP contribution is -2.22. The number of carbonyl (C=O) groups is 2. The lowest BCUT2D eigenvalue weighted by atomic mass is 10.1. The summed E-state index contributed by atoms with van der Waals surface area (Å²) in [4.78, 5) is 24.7. The molecule has 1 aliphatic heterocycles. The molecule has 18 heavy (non-hydrogen) atoms. The van der Waals surface area contributed by atoms with Crippen LogP contribution in [0, 0.1) is 0 Å². The monoisotopic (exact) mass is 248 g/mol. The van der Waals surface area contributed by atoms with E-state index < -0.39 is 11.7 Å². The quantitative estimate of drug-likeness (QED) is 0.630. The molecule has 0 unspecified atom stereocenters. The molecule has 2 rings (SSSR count). The highest BCUT2D eigenvalue weighted by molar-refractivity contribution is 6.51. The van der Waals surface area contributed by atoms with Crippen LogP contribution in [0.2, 0.25) is 0 Å². The minimum Gasteiger partial charge on any atom is -0.380 e. The third kappa shape index (κ3) is 2.36. The third-order valence-corrected chi connectivity index (χ3v) is 2.92. The number of amides is 1. The van der Waals surface area contributed by atoms with Crippen molar-refractivity contribution in [2.45, 2.75) is 6.92 Å². The van der Waals surface area contributed by atoms with Gasteiger partial charge in [0, 0.05) is 25.9 Å². The summed E-state index contributed by atoms with van der Waals surface area (Å²) in [6.07, 6.45) is 0. The number of nitrogens with one attached hydrogen (secondary N) is 1. The van der Waals surface area contributed by atoms with E-state index in [-0.39, 0.29) is 0 Å². The molecule has 0 spiro atoms. The molecule has 0 saturated heterocycles. The maximum Gasteiger partial charge on any atom is 0.296 e. The van der Waals surface area contributed by atoms with E-state index in [2.05, 4.69) is 5.32 Å². The lowest BCUT2D eigenvalue weighted by Gasteiger charge is -2.19. The Morgan fingerprint density at radius 2 is 2.11 bits per heavy atom. The van der Waals surface area contributed by atoms with Crippen LogP contribution in [0.25, 0.3) is 0 Å². The number of carbonyl (C=O) groups excluding carboxylic acids is 2. The zero-order chi connectivity index (χ0) is 13.1. The van der Waals surface area contributed by atoms with Gasteiger partial charge in [-0.3, -0.25) is 9.59 Å². The number of fused-ring (bicyclic) bond motifs is 1. The van der Waals surface area contributed by atoms with Crippen molar-refractivity contribution in [2.24, 2.45) is 0 Å². The molecule has 0 bridgehead atoms. The Labute approximate surface area is 106 Å². The van der Waals surface area contributed by atoms with Crippen molar-refractivity contribution < 1.29 is 14.3 Å². The van der Waals surface area contributed by atoms with Gasteiger partial charge in [-0.2, -0.15) is 0 Å². The van der Waals surface area contributed by atoms with E-state index in [1.807, 2.05) is 31.0 Å². The first-order valence-corrected chi connectivity index (χ1v) is 5.92. The van der Waals surface area contributed by atoms with Crippen molar-refractivity contribution in [3.8, 4) is 0 Å². The molecule has 0 aliphatic carbocycles. The number of Topliss-reactive ketones (excluding diaryl/α,β-unsaturated/α-hetero) is 1. The maximum atomic E-state index is 11.4. The number of anilines is 2. The molecular weight excluding hydrogens is 232 g/mol. The number of nitrogens with zero attached hydrogens (tertiary/aromatic N) is 1. The predicted molar refractivity (Wildman–Crippen MR) is 69.2 cm³/mol. The zero-order valence-corrected chi connectivity index (χ0v) is 10.5. The minimum atomic E-state index is -0.556. The number of ether oxygens (including phenoxy) is 1. The van der Waals surface area contributed by atoms with Crippen LogP contribution in [-0.2, 0) is 9.53 Å². The summed E-state index contributed by atoms with van der Waals surface area (Å²) in [6, 6.07) is 5.33. The number of hydrogen-bond acceptors (Lipinski definition) is 4. The Balaban J connectivity index is 2.10. The number of benzene rings is 1. The van der Waals surface area contributed by atoms with Gasteiger partial charge in [0.2, 0.25) is 0 Å². The average Bonchev–Trinajstić information content (AvgIpc) is 2.65. The summed E-state index contributed by atoms with van der Waals surface area (Å²) in [5, 5.41) is 2.56. The first kappa shape index (κ1) is 12.6. The van der Waals surface area contributed by atoms with E-state index in [1.165, 1.54) is 0 Å². The van der Waals surface area contributed by atoms with Crippen LogP contribution in [0.4, 0.5) is 11.4 Å². The molecule has 0 atom stereocenters. The van der Waals surface area contributed by atoms with Gasteiger partial charge in [-0.25, -0.2) is 0 Å². The molecule has 0 saturated carbocycles. The van der Waals surface area contributed by atoms with E-state index in [1.54, 1.807) is 6.07 Å². The molecule has 1 amide bonds. The SMILES string of the molecule is CCOCCN(C)c1ccc2c(c1)NC(=O)C2=O. The second-order valence-corrected chi connectivity index (χ2v) is 4.13. The summed E-state index contributed by atoms with van der Waals surface area (Å²) in [6.45, 7) is 4.06. The fourth-order valence-electron chi connectivity index (χ4n) is 1.85. The predicted octanol–water partition coefficient (Wildman–Crippen LogP) is 1.29. The number of likely N-dealkylation sites (N-methyl/N-ethyl adjacent to an activating group) is 1. The molecule has 1 aliphatic rings. The minimum absolute atomic E-state index is 0.446. The highest BCUT2D eigenvalue weighted by Crippen LogP contribution is 2.27. The van der Waals surface area contributed by atoms with Gasteiger partial charge in [0.25, 0.3) is 11.7 Å². The first-order valence-electron chi connectivity index (χ1n) is 5.92. The standard InChI is InChI=1S/C13H16N2O3/c1-3-18-7-6-15(2)9-4-5-10-11(8-9)14-13(17)12(10)16/h4-5,8H,3,6-7H2,1-2H3,(H,14,16,17). The molecular formula is C13H16N2O3. The van der Waals surface area contributed by atoms with Crippen LogP contribution >= 0.6 is 0 Å². The fourth-order valence-corrected chi connectivity index (χ4v) is 1.85. The third-order valence-electron chi connectivity index (χ3n) is 2.92. The molecule has 5 heteroatoms. The summed E-state index contributed by atoms with van der Waals surface area (Å²) in [5.41, 5.74) is 1.98. The highest BCUT2D eigenvalue weighted by atomic mass is 16.5. The van der Waals surface area contributed by atoms with Crippen LogP contribution in [0.1, 0.15) is 17.3 Å². The van der Waals surface area contributed by atoms with Gasteiger partial charge in [-0.1, -0.05) is 0 Å². The Hall–Kier alpha value is -1.88. The normalized spacial score (nSPS) is 13.4. The van der Waals surface area contributed by atoms with Gasteiger partial charge < -0.3 is 15.0 Å². The molecule has 1 aromatic rings. The summed E-state index contributed by atoms with van der Waals surface area (Å²) < 4.78 is 5.29. The second kappa shape index (κ2) is 5.18. The Morgan fingerprint density at radius 1 is 1.33 bits per heavy atom. The number of hydrogen-bond donors (Lipinski definition) is 1. The van der Waals surface area contributed by atoms with Crippen molar-refractivity contribution in [1.29, 1.82) is 0 Å². The van der Waals surface area contributed by atoms with Gasteiger partial charge in [0.05, 0.1) is 17.9 Å². The van der Waals surface area contributed by atoms with Gasteiger partial charge in [-0.05, 0) is 25.1 Å². The van der Waals surface area contributed by atoms with Crippen molar-refractivity contribution in [3.63, 3.8) is 0 Å². The van der Waals surface area contributed by atoms with Gasteiger partial charge in [0.1, 0.15) is 0 Å². The number of rotatable bonds is 5. The summed E-state index contributed by atoms with van der Waals surface area (Å²) >= 11 is 0. The lowest BCUT2D eigenvalue weighted by molar-refractivity contribution is -0.112. The van der Waals surface area contributed by atoms with E-state index in [0.717, 1.165) is 12.2 Å². The van der Waals surface area contributed by atoms with Crippen molar-refractivity contribution in [1.82, 2.24) is 0 Å². The Morgan fingerprint density at radius 3 is 2.83 bits per heavy atom. The Bertz CT molecular complexity index is 485. The molecule has 1 aromatic carbocycles. The molecule has 5 nitrogen and oxygen atoms in total. The van der Waals surface area contributed by atoms with Crippen molar-refractivity contribution >= 4 is 23.1 Å².